The highest BCUT2D eigenvalue weighted by Gasteiger charge is 2.42. The zero-order chi connectivity index (χ0) is 19.9. The number of aromatic nitrogens is 3. The minimum atomic E-state index is -1.32. The molecule has 1 atom stereocenters. The van der Waals surface area contributed by atoms with E-state index in [9.17, 15) is 15.0 Å². The third-order valence-electron chi connectivity index (χ3n) is 4.77. The maximum atomic E-state index is 15.4. The number of halogens is 2. The van der Waals surface area contributed by atoms with Crippen LogP contribution in [0.5, 0.6) is 0 Å². The maximum absolute atomic E-state index is 15.4. The monoisotopic (exact) mass is 411 g/mol. The fourth-order valence-electron chi connectivity index (χ4n) is 3.17. The summed E-state index contributed by atoms with van der Waals surface area (Å²) in [5.74, 6) is -2.48. The van der Waals surface area contributed by atoms with Crippen molar-refractivity contribution in [2.24, 2.45) is 5.41 Å². The number of aliphatic carboxylic acids is 1. The first-order valence-corrected chi connectivity index (χ1v) is 9.55. The summed E-state index contributed by atoms with van der Waals surface area (Å²) >= 11 is 7.30. The number of fused-ring (bicyclic) bond motifs is 1. The number of carboxylic acids is 1. The number of aliphatic hydroxyl groups excluding tert-OH is 1. The third-order valence-corrected chi connectivity index (χ3v) is 6.28. The van der Waals surface area contributed by atoms with Crippen LogP contribution in [0.25, 0.3) is 11.0 Å². The zero-order valence-electron chi connectivity index (χ0n) is 15.0. The average molecular weight is 412 g/mol. The Morgan fingerprint density at radius 1 is 1.44 bits per heavy atom. The van der Waals surface area contributed by atoms with Crippen LogP contribution in [-0.4, -0.2) is 31.2 Å². The second kappa shape index (κ2) is 7.18. The quantitative estimate of drug-likeness (QED) is 0.639. The van der Waals surface area contributed by atoms with E-state index in [0.717, 1.165) is 11.3 Å². The summed E-state index contributed by atoms with van der Waals surface area (Å²) < 4.78 is 17.3. The number of hydrogen-bond acceptors (Lipinski definition) is 5. The van der Waals surface area contributed by atoms with Gasteiger partial charge in [0.2, 0.25) is 0 Å². The molecule has 1 aromatic carbocycles. The Kier molecular flexibility index (Phi) is 5.24. The van der Waals surface area contributed by atoms with Gasteiger partial charge in [0, 0.05) is 22.9 Å². The average Bonchev–Trinajstić information content (AvgIpc) is 3.20. The van der Waals surface area contributed by atoms with Gasteiger partial charge in [-0.15, -0.1) is 16.4 Å². The topological polar surface area (TPSA) is 88.2 Å². The predicted molar refractivity (Wildman–Crippen MR) is 102 cm³/mol. The molecule has 0 saturated heterocycles. The van der Waals surface area contributed by atoms with Crippen LogP contribution in [0.15, 0.2) is 18.2 Å². The van der Waals surface area contributed by atoms with E-state index < -0.39 is 23.1 Å². The fraction of sp³-hybridized carbons (Fsp3) is 0.389. The summed E-state index contributed by atoms with van der Waals surface area (Å²) in [5.41, 5.74) is 0.0223. The number of thiophene rings is 1. The highest BCUT2D eigenvalue weighted by molar-refractivity contribution is 7.16. The highest BCUT2D eigenvalue weighted by atomic mass is 35.5. The van der Waals surface area contributed by atoms with E-state index in [1.165, 1.54) is 0 Å². The molecule has 2 heterocycles. The van der Waals surface area contributed by atoms with Crippen molar-refractivity contribution >= 4 is 39.9 Å². The maximum Gasteiger partial charge on any atom is 0.310 e. The number of aryl methyl sites for hydroxylation is 1. The molecule has 2 aromatic heterocycles. The minimum absolute atomic E-state index is 0.102. The summed E-state index contributed by atoms with van der Waals surface area (Å²) in [7, 11) is 0. The number of hydrogen-bond donors (Lipinski definition) is 2. The van der Waals surface area contributed by atoms with E-state index in [2.05, 4.69) is 10.3 Å². The Labute approximate surface area is 164 Å². The molecule has 27 heavy (non-hydrogen) atoms. The number of benzene rings is 1. The Hall–Kier alpha value is -2.03. The molecule has 0 aliphatic heterocycles. The summed E-state index contributed by atoms with van der Waals surface area (Å²) in [6.45, 7) is 5.22. The lowest BCUT2D eigenvalue weighted by Gasteiger charge is -2.30. The number of nitrogens with zero attached hydrogens (tertiary/aromatic N) is 3. The van der Waals surface area contributed by atoms with Crippen molar-refractivity contribution in [1.29, 1.82) is 0 Å². The van der Waals surface area contributed by atoms with Gasteiger partial charge in [-0.2, -0.15) is 0 Å². The number of carboxylic acid groups (broad SMARTS) is 1. The molecule has 9 heteroatoms. The van der Waals surface area contributed by atoms with Crippen molar-refractivity contribution in [3.05, 3.63) is 44.4 Å². The molecule has 0 aliphatic carbocycles. The predicted octanol–water partition coefficient (Wildman–Crippen LogP) is 4.04. The summed E-state index contributed by atoms with van der Waals surface area (Å²) in [4.78, 5) is 12.5. The summed E-state index contributed by atoms with van der Waals surface area (Å²) in [6, 6.07) is 4.91. The van der Waals surface area contributed by atoms with Crippen LogP contribution in [0.3, 0.4) is 0 Å². The second-order valence-electron chi connectivity index (χ2n) is 6.81. The van der Waals surface area contributed by atoms with Crippen LogP contribution >= 0.6 is 22.9 Å². The van der Waals surface area contributed by atoms with Crippen molar-refractivity contribution in [1.82, 2.24) is 15.0 Å². The van der Waals surface area contributed by atoms with E-state index in [-0.39, 0.29) is 17.7 Å². The molecule has 0 amide bonds. The number of aliphatic hydroxyl groups is 1. The lowest BCUT2D eigenvalue weighted by molar-refractivity contribution is -0.147. The molecule has 1 unspecified atom stereocenters. The lowest BCUT2D eigenvalue weighted by Crippen LogP contribution is -2.32. The first kappa shape index (κ1) is 19.7. The van der Waals surface area contributed by atoms with Gasteiger partial charge in [0.05, 0.1) is 21.9 Å². The summed E-state index contributed by atoms with van der Waals surface area (Å²) in [5, 5.41) is 27.1. The van der Waals surface area contributed by atoms with Crippen molar-refractivity contribution in [3.8, 4) is 0 Å². The van der Waals surface area contributed by atoms with E-state index in [1.54, 1.807) is 36.7 Å². The molecule has 144 valence electrons. The highest BCUT2D eigenvalue weighted by Crippen LogP contribution is 2.47. The van der Waals surface area contributed by atoms with Gasteiger partial charge in [0.25, 0.3) is 0 Å². The van der Waals surface area contributed by atoms with Gasteiger partial charge in [0.1, 0.15) is 5.52 Å². The van der Waals surface area contributed by atoms with E-state index in [4.69, 9.17) is 11.6 Å². The first-order chi connectivity index (χ1) is 12.7. The fourth-order valence-corrected chi connectivity index (χ4v) is 4.76. The molecule has 0 saturated carbocycles. The van der Waals surface area contributed by atoms with Crippen LogP contribution in [0.2, 0.25) is 4.34 Å². The van der Waals surface area contributed by atoms with Crippen molar-refractivity contribution in [2.45, 2.75) is 39.8 Å². The van der Waals surface area contributed by atoms with Gasteiger partial charge in [-0.3, -0.25) is 4.79 Å². The SMILES string of the molecule is CCn1nnc2c(F)c(C(c3cc(CO)c(Cl)s3)C(C)(C)C(=O)O)ccc21. The van der Waals surface area contributed by atoms with Crippen LogP contribution in [-0.2, 0) is 17.9 Å². The van der Waals surface area contributed by atoms with Gasteiger partial charge < -0.3 is 10.2 Å². The summed E-state index contributed by atoms with van der Waals surface area (Å²) in [6.07, 6.45) is 0. The lowest BCUT2D eigenvalue weighted by atomic mass is 9.73. The van der Waals surface area contributed by atoms with Gasteiger partial charge in [-0.25, -0.2) is 9.07 Å². The molecule has 0 fully saturated rings. The smallest absolute Gasteiger partial charge is 0.310 e. The van der Waals surface area contributed by atoms with E-state index in [0.29, 0.717) is 26.8 Å². The molecule has 0 aliphatic rings. The Bertz CT molecular complexity index is 1010. The van der Waals surface area contributed by atoms with Crippen molar-refractivity contribution < 1.29 is 19.4 Å². The van der Waals surface area contributed by atoms with Crippen molar-refractivity contribution in [2.75, 3.05) is 0 Å². The van der Waals surface area contributed by atoms with Crippen LogP contribution in [0.1, 0.15) is 42.7 Å². The minimum Gasteiger partial charge on any atom is -0.481 e. The van der Waals surface area contributed by atoms with E-state index >= 15 is 4.39 Å². The molecule has 0 radical (unpaired) electrons. The largest absolute Gasteiger partial charge is 0.481 e. The molecule has 3 aromatic rings. The standard InChI is InChI=1S/C18H19ClFN3O3S/c1-4-23-11-6-5-10(14(20)15(11)21-22-23)13(18(2,3)17(25)26)12-7-9(8-24)16(19)27-12/h5-7,13,24H,4,8H2,1-3H3,(H,25,26). The van der Waals surface area contributed by atoms with E-state index in [1.807, 2.05) is 6.92 Å². The second-order valence-corrected chi connectivity index (χ2v) is 8.49. The van der Waals surface area contributed by atoms with Gasteiger partial charge in [-0.1, -0.05) is 22.9 Å². The molecule has 6 nitrogen and oxygen atoms in total. The van der Waals surface area contributed by atoms with Crippen LogP contribution in [0.4, 0.5) is 4.39 Å². The number of carbonyl (C=O) groups is 1. The third kappa shape index (κ3) is 3.22. The molecule has 0 spiro atoms. The van der Waals surface area contributed by atoms with Gasteiger partial charge in [0.15, 0.2) is 5.82 Å². The van der Waals surface area contributed by atoms with Gasteiger partial charge >= 0.3 is 5.97 Å². The zero-order valence-corrected chi connectivity index (χ0v) is 16.6. The molecular formula is C18H19ClFN3O3S. The Morgan fingerprint density at radius 3 is 2.70 bits per heavy atom. The molecule has 2 N–H and O–H groups in total. The van der Waals surface area contributed by atoms with Gasteiger partial charge in [-0.05, 0) is 38.5 Å². The Morgan fingerprint density at radius 2 is 2.15 bits per heavy atom. The molecular weight excluding hydrogens is 393 g/mol. The normalized spacial score (nSPS) is 13.3. The molecule has 3 rings (SSSR count). The Balaban J connectivity index is 2.26. The van der Waals surface area contributed by atoms with Crippen LogP contribution in [0, 0.1) is 11.2 Å². The van der Waals surface area contributed by atoms with Crippen molar-refractivity contribution in [3.63, 3.8) is 0 Å². The van der Waals surface area contributed by atoms with Crippen LogP contribution < -0.4 is 0 Å². The first-order valence-electron chi connectivity index (χ1n) is 8.36. The molecule has 0 bridgehead atoms. The number of rotatable bonds is 6.